The highest BCUT2D eigenvalue weighted by Crippen LogP contribution is 2.13. The van der Waals surface area contributed by atoms with Gasteiger partial charge in [-0.15, -0.1) is 0 Å². The second-order valence-electron chi connectivity index (χ2n) is 5.63. The SMILES string of the molecule is CC(C)NC(=O)N1CCN(C2CCCNC2)CC1. The summed E-state index contributed by atoms with van der Waals surface area (Å²) < 4.78 is 0. The maximum absolute atomic E-state index is 11.9. The largest absolute Gasteiger partial charge is 0.336 e. The van der Waals surface area contributed by atoms with E-state index >= 15 is 0 Å². The van der Waals surface area contributed by atoms with Crippen molar-refractivity contribution in [1.82, 2.24) is 20.4 Å². The first-order valence-corrected chi connectivity index (χ1v) is 7.17. The Balaban J connectivity index is 1.75. The molecule has 2 fully saturated rings. The molecule has 18 heavy (non-hydrogen) atoms. The fourth-order valence-electron chi connectivity index (χ4n) is 2.77. The van der Waals surface area contributed by atoms with Gasteiger partial charge in [0.05, 0.1) is 0 Å². The third-order valence-electron chi connectivity index (χ3n) is 3.80. The molecule has 5 heteroatoms. The number of carbonyl (C=O) groups excluding carboxylic acids is 1. The molecule has 1 unspecified atom stereocenters. The quantitative estimate of drug-likeness (QED) is 0.753. The van der Waals surface area contributed by atoms with Crippen molar-refractivity contribution >= 4 is 6.03 Å². The number of nitrogens with one attached hydrogen (secondary N) is 2. The van der Waals surface area contributed by atoms with E-state index in [2.05, 4.69) is 15.5 Å². The van der Waals surface area contributed by atoms with E-state index < -0.39 is 0 Å². The number of hydrogen-bond acceptors (Lipinski definition) is 3. The van der Waals surface area contributed by atoms with Gasteiger partial charge in [-0.2, -0.15) is 0 Å². The summed E-state index contributed by atoms with van der Waals surface area (Å²) in [5.41, 5.74) is 0. The Morgan fingerprint density at radius 3 is 2.56 bits per heavy atom. The standard InChI is InChI=1S/C13H26N4O/c1-11(2)15-13(18)17-8-6-16(7-9-17)12-4-3-5-14-10-12/h11-12,14H,3-10H2,1-2H3,(H,15,18). The summed E-state index contributed by atoms with van der Waals surface area (Å²) in [5, 5.41) is 6.42. The van der Waals surface area contributed by atoms with Crippen LogP contribution in [0.25, 0.3) is 0 Å². The van der Waals surface area contributed by atoms with E-state index in [9.17, 15) is 4.79 Å². The fourth-order valence-corrected chi connectivity index (χ4v) is 2.77. The number of amides is 2. The van der Waals surface area contributed by atoms with Gasteiger partial charge in [-0.25, -0.2) is 4.79 Å². The summed E-state index contributed by atoms with van der Waals surface area (Å²) in [5.74, 6) is 0. The number of rotatable bonds is 2. The molecule has 2 aliphatic heterocycles. The van der Waals surface area contributed by atoms with Crippen molar-refractivity contribution in [1.29, 1.82) is 0 Å². The molecule has 0 spiro atoms. The molecule has 0 bridgehead atoms. The molecule has 5 nitrogen and oxygen atoms in total. The zero-order valence-corrected chi connectivity index (χ0v) is 11.6. The number of hydrogen-bond donors (Lipinski definition) is 2. The van der Waals surface area contributed by atoms with Crippen molar-refractivity contribution in [3.8, 4) is 0 Å². The van der Waals surface area contributed by atoms with Crippen molar-refractivity contribution in [2.45, 2.75) is 38.8 Å². The number of piperazine rings is 1. The first-order valence-electron chi connectivity index (χ1n) is 7.17. The number of carbonyl (C=O) groups is 1. The van der Waals surface area contributed by atoms with E-state index in [4.69, 9.17) is 0 Å². The van der Waals surface area contributed by atoms with E-state index in [1.54, 1.807) is 0 Å². The maximum atomic E-state index is 11.9. The third kappa shape index (κ3) is 3.59. The Hall–Kier alpha value is -0.810. The van der Waals surface area contributed by atoms with Gasteiger partial charge < -0.3 is 15.5 Å². The molecule has 2 saturated heterocycles. The lowest BCUT2D eigenvalue weighted by Gasteiger charge is -2.40. The van der Waals surface area contributed by atoms with Crippen molar-refractivity contribution in [3.63, 3.8) is 0 Å². The number of urea groups is 1. The van der Waals surface area contributed by atoms with Crippen LogP contribution < -0.4 is 10.6 Å². The third-order valence-corrected chi connectivity index (χ3v) is 3.80. The van der Waals surface area contributed by atoms with Gasteiger partial charge in [0.2, 0.25) is 0 Å². The second-order valence-corrected chi connectivity index (χ2v) is 5.63. The molecule has 104 valence electrons. The molecule has 1 atom stereocenters. The minimum Gasteiger partial charge on any atom is -0.336 e. The molecule has 2 N–H and O–H groups in total. The highest BCUT2D eigenvalue weighted by atomic mass is 16.2. The molecule has 2 heterocycles. The van der Waals surface area contributed by atoms with Gasteiger partial charge >= 0.3 is 6.03 Å². The Morgan fingerprint density at radius 1 is 1.28 bits per heavy atom. The van der Waals surface area contributed by atoms with E-state index in [0.717, 1.165) is 39.3 Å². The first-order chi connectivity index (χ1) is 8.66. The minimum absolute atomic E-state index is 0.0893. The smallest absolute Gasteiger partial charge is 0.317 e. The lowest BCUT2D eigenvalue weighted by Crippen LogP contribution is -2.57. The normalized spacial score (nSPS) is 26.4. The zero-order valence-electron chi connectivity index (χ0n) is 11.6. The van der Waals surface area contributed by atoms with Crippen LogP contribution in [0.3, 0.4) is 0 Å². The van der Waals surface area contributed by atoms with E-state index in [-0.39, 0.29) is 12.1 Å². The van der Waals surface area contributed by atoms with Crippen molar-refractivity contribution < 1.29 is 4.79 Å². The molecule has 0 aliphatic carbocycles. The van der Waals surface area contributed by atoms with Crippen LogP contribution >= 0.6 is 0 Å². The predicted molar refractivity (Wildman–Crippen MR) is 72.7 cm³/mol. The van der Waals surface area contributed by atoms with Gasteiger partial charge in [-0.1, -0.05) is 0 Å². The summed E-state index contributed by atoms with van der Waals surface area (Å²) in [7, 11) is 0. The average molecular weight is 254 g/mol. The van der Waals surface area contributed by atoms with Crippen molar-refractivity contribution in [3.05, 3.63) is 0 Å². The molecular formula is C13H26N4O. The highest BCUT2D eigenvalue weighted by molar-refractivity contribution is 5.74. The molecular weight excluding hydrogens is 228 g/mol. The number of piperidine rings is 1. The molecule has 0 saturated carbocycles. The second kappa shape index (κ2) is 6.38. The van der Waals surface area contributed by atoms with Gasteiger partial charge in [0, 0.05) is 44.8 Å². The topological polar surface area (TPSA) is 47.6 Å². The van der Waals surface area contributed by atoms with Gasteiger partial charge in [0.1, 0.15) is 0 Å². The first kappa shape index (κ1) is 13.6. The zero-order chi connectivity index (χ0) is 13.0. The summed E-state index contributed by atoms with van der Waals surface area (Å²) >= 11 is 0. The Labute approximate surface area is 110 Å². The van der Waals surface area contributed by atoms with Gasteiger partial charge in [-0.3, -0.25) is 4.90 Å². The summed E-state index contributed by atoms with van der Waals surface area (Å²) in [6, 6.07) is 0.985. The number of nitrogens with zero attached hydrogens (tertiary/aromatic N) is 2. The molecule has 0 aromatic rings. The van der Waals surface area contributed by atoms with Gasteiger partial charge in [0.25, 0.3) is 0 Å². The van der Waals surface area contributed by atoms with Crippen LogP contribution in [0.4, 0.5) is 4.79 Å². The monoisotopic (exact) mass is 254 g/mol. The molecule has 2 aliphatic rings. The van der Waals surface area contributed by atoms with E-state index in [1.165, 1.54) is 12.8 Å². The van der Waals surface area contributed by atoms with Crippen LogP contribution in [0.1, 0.15) is 26.7 Å². The maximum Gasteiger partial charge on any atom is 0.317 e. The van der Waals surface area contributed by atoms with E-state index in [0.29, 0.717) is 6.04 Å². The molecule has 2 amide bonds. The molecule has 0 aromatic carbocycles. The van der Waals surface area contributed by atoms with Crippen LogP contribution in [0.2, 0.25) is 0 Å². The molecule has 0 radical (unpaired) electrons. The summed E-state index contributed by atoms with van der Waals surface area (Å²) in [4.78, 5) is 16.3. The Kier molecular flexibility index (Phi) is 4.83. The predicted octanol–water partition coefficient (Wildman–Crippen LogP) is 0.474. The van der Waals surface area contributed by atoms with Gasteiger partial charge in [-0.05, 0) is 33.2 Å². The van der Waals surface area contributed by atoms with Gasteiger partial charge in [0.15, 0.2) is 0 Å². The highest BCUT2D eigenvalue weighted by Gasteiger charge is 2.26. The molecule has 0 aromatic heterocycles. The van der Waals surface area contributed by atoms with Crippen LogP contribution in [0, 0.1) is 0 Å². The minimum atomic E-state index is 0.0893. The van der Waals surface area contributed by atoms with Crippen LogP contribution in [0.5, 0.6) is 0 Å². The Morgan fingerprint density at radius 2 is 2.00 bits per heavy atom. The average Bonchev–Trinajstić information content (AvgIpc) is 2.39. The molecule has 2 rings (SSSR count). The van der Waals surface area contributed by atoms with Crippen LogP contribution in [-0.2, 0) is 0 Å². The van der Waals surface area contributed by atoms with Crippen LogP contribution in [-0.4, -0.2) is 67.2 Å². The summed E-state index contributed by atoms with van der Waals surface area (Å²) in [6.07, 6.45) is 2.57. The van der Waals surface area contributed by atoms with Crippen molar-refractivity contribution in [2.24, 2.45) is 0 Å². The lowest BCUT2D eigenvalue weighted by molar-refractivity contribution is 0.0954. The summed E-state index contributed by atoms with van der Waals surface area (Å²) in [6.45, 7) is 10.0. The fraction of sp³-hybridized carbons (Fsp3) is 0.923. The van der Waals surface area contributed by atoms with E-state index in [1.807, 2.05) is 18.7 Å². The lowest BCUT2D eigenvalue weighted by atomic mass is 10.1. The van der Waals surface area contributed by atoms with Crippen LogP contribution in [0.15, 0.2) is 0 Å². The van der Waals surface area contributed by atoms with Crippen molar-refractivity contribution in [2.75, 3.05) is 39.3 Å². The Bertz CT molecular complexity index is 268.